The molecule has 1 atom stereocenters. The van der Waals surface area contributed by atoms with Gasteiger partial charge in [0.05, 0.1) is 18.5 Å². The Bertz CT molecular complexity index is 819. The number of carbonyl (C=O) groups is 2. The van der Waals surface area contributed by atoms with Gasteiger partial charge in [0.2, 0.25) is 5.78 Å². The first-order chi connectivity index (χ1) is 12.9. The maximum Gasteiger partial charge on any atom is 0.308 e. The van der Waals surface area contributed by atoms with Crippen LogP contribution in [0, 0.1) is 10.1 Å². The molecule has 2 aromatic rings. The Morgan fingerprint density at radius 2 is 1.81 bits per heavy atom. The molecule has 27 heavy (non-hydrogen) atoms. The van der Waals surface area contributed by atoms with E-state index in [-0.39, 0.29) is 24.4 Å². The van der Waals surface area contributed by atoms with E-state index in [0.717, 1.165) is 0 Å². The Balaban J connectivity index is 1.84. The Labute approximate surface area is 156 Å². The SMILES string of the molecule is COc1ccc(C(=O)[C@@H](C)OC(=O)CCNc2ccccc2[N+](=O)[O-])cc1. The molecule has 0 aromatic heterocycles. The van der Waals surface area contributed by atoms with Crippen molar-refractivity contribution in [2.24, 2.45) is 0 Å². The molecule has 0 saturated heterocycles. The Kier molecular flexibility index (Phi) is 6.87. The molecule has 0 aliphatic heterocycles. The van der Waals surface area contributed by atoms with Gasteiger partial charge < -0.3 is 14.8 Å². The van der Waals surface area contributed by atoms with E-state index in [1.807, 2.05) is 0 Å². The van der Waals surface area contributed by atoms with Gasteiger partial charge in [-0.2, -0.15) is 0 Å². The van der Waals surface area contributed by atoms with Gasteiger partial charge in [0, 0.05) is 18.2 Å². The van der Waals surface area contributed by atoms with E-state index in [1.54, 1.807) is 42.5 Å². The van der Waals surface area contributed by atoms with Gasteiger partial charge in [0.1, 0.15) is 11.4 Å². The topological polar surface area (TPSA) is 108 Å². The quantitative estimate of drug-likeness (QED) is 0.312. The van der Waals surface area contributed by atoms with Crippen molar-refractivity contribution in [2.45, 2.75) is 19.4 Å². The van der Waals surface area contributed by atoms with Crippen LogP contribution in [-0.4, -0.2) is 36.4 Å². The predicted molar refractivity (Wildman–Crippen MR) is 99.1 cm³/mol. The van der Waals surface area contributed by atoms with Gasteiger partial charge in [-0.3, -0.25) is 19.7 Å². The fraction of sp³-hybridized carbons (Fsp3) is 0.263. The molecule has 2 aromatic carbocycles. The zero-order valence-electron chi connectivity index (χ0n) is 15.0. The highest BCUT2D eigenvalue weighted by Crippen LogP contribution is 2.23. The van der Waals surface area contributed by atoms with Crippen molar-refractivity contribution < 1.29 is 24.0 Å². The van der Waals surface area contributed by atoms with Gasteiger partial charge >= 0.3 is 5.97 Å². The molecule has 0 spiro atoms. The number of methoxy groups -OCH3 is 1. The molecule has 0 amide bonds. The van der Waals surface area contributed by atoms with Crippen LogP contribution >= 0.6 is 0 Å². The lowest BCUT2D eigenvalue weighted by atomic mass is 10.1. The molecular formula is C19H20N2O6. The second kappa shape index (κ2) is 9.33. The molecule has 0 aliphatic rings. The number of ketones is 1. The molecule has 8 nitrogen and oxygen atoms in total. The first-order valence-corrected chi connectivity index (χ1v) is 8.27. The molecule has 0 fully saturated rings. The summed E-state index contributed by atoms with van der Waals surface area (Å²) in [5.74, 6) is -0.273. The number of nitro benzene ring substituents is 1. The minimum Gasteiger partial charge on any atom is -0.497 e. The van der Waals surface area contributed by atoms with Gasteiger partial charge in [0.25, 0.3) is 5.69 Å². The third-order valence-electron chi connectivity index (χ3n) is 3.80. The van der Waals surface area contributed by atoms with Crippen LogP contribution in [0.15, 0.2) is 48.5 Å². The summed E-state index contributed by atoms with van der Waals surface area (Å²) in [7, 11) is 1.53. The number of nitrogens with one attached hydrogen (secondary N) is 1. The summed E-state index contributed by atoms with van der Waals surface area (Å²) in [4.78, 5) is 34.7. The average molecular weight is 372 g/mol. The smallest absolute Gasteiger partial charge is 0.308 e. The number of anilines is 1. The van der Waals surface area contributed by atoms with Crippen molar-refractivity contribution >= 4 is 23.1 Å². The average Bonchev–Trinajstić information content (AvgIpc) is 2.67. The van der Waals surface area contributed by atoms with Crippen LogP contribution in [0.25, 0.3) is 0 Å². The zero-order valence-corrected chi connectivity index (χ0v) is 15.0. The van der Waals surface area contributed by atoms with Gasteiger partial charge in [-0.05, 0) is 37.3 Å². The van der Waals surface area contributed by atoms with Crippen LogP contribution in [0.4, 0.5) is 11.4 Å². The second-order valence-electron chi connectivity index (χ2n) is 5.68. The number of ether oxygens (including phenoxy) is 2. The Morgan fingerprint density at radius 1 is 1.15 bits per heavy atom. The zero-order chi connectivity index (χ0) is 19.8. The van der Waals surface area contributed by atoms with Crippen LogP contribution in [-0.2, 0) is 9.53 Å². The van der Waals surface area contributed by atoms with E-state index in [1.165, 1.54) is 20.1 Å². The summed E-state index contributed by atoms with van der Waals surface area (Å²) in [6, 6.07) is 12.6. The predicted octanol–water partition coefficient (Wildman–Crippen LogP) is 3.22. The van der Waals surface area contributed by atoms with E-state index in [4.69, 9.17) is 9.47 Å². The van der Waals surface area contributed by atoms with E-state index >= 15 is 0 Å². The van der Waals surface area contributed by atoms with Crippen LogP contribution in [0.1, 0.15) is 23.7 Å². The lowest BCUT2D eigenvalue weighted by Crippen LogP contribution is -2.25. The van der Waals surface area contributed by atoms with Crippen LogP contribution in [0.2, 0.25) is 0 Å². The fourth-order valence-electron chi connectivity index (χ4n) is 2.38. The lowest BCUT2D eigenvalue weighted by molar-refractivity contribution is -0.384. The summed E-state index contributed by atoms with van der Waals surface area (Å²) in [5.41, 5.74) is 0.653. The Hall–Kier alpha value is -3.42. The number of rotatable bonds is 9. The number of benzene rings is 2. The maximum absolute atomic E-state index is 12.3. The van der Waals surface area contributed by atoms with Crippen molar-refractivity contribution in [3.05, 3.63) is 64.2 Å². The van der Waals surface area contributed by atoms with Crippen molar-refractivity contribution in [1.29, 1.82) is 0 Å². The first kappa shape index (κ1) is 19.9. The normalized spacial score (nSPS) is 11.3. The third-order valence-corrected chi connectivity index (χ3v) is 3.80. The standard InChI is InChI=1S/C19H20N2O6/c1-13(19(23)14-7-9-15(26-2)10-8-14)27-18(22)11-12-20-16-5-3-4-6-17(16)21(24)25/h3-10,13,20H,11-12H2,1-2H3/t13-/m1/s1. The number of nitro groups is 1. The molecule has 0 unspecified atom stereocenters. The van der Waals surface area contributed by atoms with Crippen molar-refractivity contribution in [3.63, 3.8) is 0 Å². The second-order valence-corrected chi connectivity index (χ2v) is 5.68. The summed E-state index contributed by atoms with van der Waals surface area (Å²) in [5, 5.41) is 13.8. The minimum absolute atomic E-state index is 0.0354. The molecule has 0 radical (unpaired) electrons. The molecule has 0 heterocycles. The maximum atomic E-state index is 12.3. The highest BCUT2D eigenvalue weighted by molar-refractivity contribution is 6.00. The van der Waals surface area contributed by atoms with Gasteiger partial charge in [-0.25, -0.2) is 0 Å². The van der Waals surface area contributed by atoms with E-state index in [9.17, 15) is 19.7 Å². The van der Waals surface area contributed by atoms with Crippen molar-refractivity contribution in [3.8, 4) is 5.75 Å². The van der Waals surface area contributed by atoms with Gasteiger partial charge in [-0.15, -0.1) is 0 Å². The summed E-state index contributed by atoms with van der Waals surface area (Å²) in [6.45, 7) is 1.65. The van der Waals surface area contributed by atoms with Crippen molar-refractivity contribution in [2.75, 3.05) is 19.0 Å². The number of hydrogen-bond acceptors (Lipinski definition) is 7. The summed E-state index contributed by atoms with van der Waals surface area (Å²) >= 11 is 0. The highest BCUT2D eigenvalue weighted by atomic mass is 16.6. The van der Waals surface area contributed by atoms with E-state index < -0.39 is 17.0 Å². The van der Waals surface area contributed by atoms with Gasteiger partial charge in [-0.1, -0.05) is 12.1 Å². The summed E-state index contributed by atoms with van der Waals surface area (Å²) in [6.07, 6.45) is -0.969. The van der Waals surface area contributed by atoms with Crippen LogP contribution in [0.3, 0.4) is 0 Å². The highest BCUT2D eigenvalue weighted by Gasteiger charge is 2.19. The molecule has 8 heteroatoms. The molecule has 2 rings (SSSR count). The molecule has 0 bridgehead atoms. The molecule has 142 valence electrons. The number of Topliss-reactive ketones (excluding diaryl/α,β-unsaturated/α-hetero) is 1. The van der Waals surface area contributed by atoms with E-state index in [2.05, 4.69) is 5.32 Å². The van der Waals surface area contributed by atoms with Crippen LogP contribution < -0.4 is 10.1 Å². The number of para-hydroxylation sites is 2. The molecular weight excluding hydrogens is 352 g/mol. The minimum atomic E-state index is -0.933. The molecule has 1 N–H and O–H groups in total. The van der Waals surface area contributed by atoms with Crippen LogP contribution in [0.5, 0.6) is 5.75 Å². The largest absolute Gasteiger partial charge is 0.497 e. The van der Waals surface area contributed by atoms with Crippen molar-refractivity contribution in [1.82, 2.24) is 0 Å². The third kappa shape index (κ3) is 5.53. The van der Waals surface area contributed by atoms with Gasteiger partial charge in [0.15, 0.2) is 6.10 Å². The Morgan fingerprint density at radius 3 is 2.44 bits per heavy atom. The molecule has 0 saturated carbocycles. The number of carbonyl (C=O) groups excluding carboxylic acids is 2. The lowest BCUT2D eigenvalue weighted by Gasteiger charge is -2.13. The number of nitrogens with zero attached hydrogens (tertiary/aromatic N) is 1. The first-order valence-electron chi connectivity index (χ1n) is 8.27. The molecule has 0 aliphatic carbocycles. The monoisotopic (exact) mass is 372 g/mol. The summed E-state index contributed by atoms with van der Waals surface area (Å²) < 4.78 is 10.2. The number of hydrogen-bond donors (Lipinski definition) is 1. The number of esters is 1. The fourth-order valence-corrected chi connectivity index (χ4v) is 2.38. The van der Waals surface area contributed by atoms with E-state index in [0.29, 0.717) is 17.0 Å².